The third-order valence-electron chi connectivity index (χ3n) is 4.99. The molecule has 0 saturated heterocycles. The van der Waals surface area contributed by atoms with Gasteiger partial charge < -0.3 is 5.32 Å². The van der Waals surface area contributed by atoms with Gasteiger partial charge in [0.1, 0.15) is 0 Å². The number of pyridine rings is 1. The number of alkyl halides is 3. The largest absolute Gasteiger partial charge is 0.418 e. The van der Waals surface area contributed by atoms with Gasteiger partial charge in [0.25, 0.3) is 5.56 Å². The number of amides is 1. The Morgan fingerprint density at radius 1 is 1.06 bits per heavy atom. The van der Waals surface area contributed by atoms with Gasteiger partial charge in [0.05, 0.1) is 28.9 Å². The fourth-order valence-corrected chi connectivity index (χ4v) is 4.10. The monoisotopic (exact) mass is 484 g/mol. The highest BCUT2D eigenvalue weighted by atomic mass is 32.2. The van der Waals surface area contributed by atoms with Crippen LogP contribution in [0.4, 0.5) is 18.9 Å². The number of thioether (sulfide) groups is 1. The fourth-order valence-electron chi connectivity index (χ4n) is 3.32. The SMILES string of the molecule is Cc1ccc(Cn2c(SCC(=O)Nc3ccccc3C(F)(F)F)nc3ncccc3c2=O)cc1. The number of nitrogens with one attached hydrogen (secondary N) is 1. The van der Waals surface area contributed by atoms with E-state index in [4.69, 9.17) is 0 Å². The number of fused-ring (bicyclic) bond motifs is 1. The highest BCUT2D eigenvalue weighted by Gasteiger charge is 2.33. The minimum absolute atomic E-state index is 0.220. The van der Waals surface area contributed by atoms with Crippen molar-refractivity contribution in [1.82, 2.24) is 14.5 Å². The van der Waals surface area contributed by atoms with Crippen molar-refractivity contribution in [3.8, 4) is 0 Å². The van der Waals surface area contributed by atoms with Crippen molar-refractivity contribution < 1.29 is 18.0 Å². The standard InChI is InChI=1S/C24H19F3N4O2S/c1-15-8-10-16(11-9-15)13-31-22(33)17-5-4-12-28-21(17)30-23(31)34-14-20(32)29-19-7-3-2-6-18(19)24(25,26)27/h2-12H,13-14H2,1H3,(H,29,32). The Morgan fingerprint density at radius 3 is 2.53 bits per heavy atom. The summed E-state index contributed by atoms with van der Waals surface area (Å²) in [5.41, 5.74) is 0.593. The smallest absolute Gasteiger partial charge is 0.325 e. The molecule has 0 spiro atoms. The van der Waals surface area contributed by atoms with Gasteiger partial charge in [0.15, 0.2) is 10.8 Å². The van der Waals surface area contributed by atoms with Crippen LogP contribution in [0.25, 0.3) is 11.0 Å². The van der Waals surface area contributed by atoms with Gasteiger partial charge in [0.2, 0.25) is 5.91 Å². The summed E-state index contributed by atoms with van der Waals surface area (Å²) in [6.07, 6.45) is -3.09. The molecule has 174 valence electrons. The normalized spacial score (nSPS) is 11.5. The summed E-state index contributed by atoms with van der Waals surface area (Å²) in [5, 5.41) is 2.89. The summed E-state index contributed by atoms with van der Waals surface area (Å²) in [4.78, 5) is 34.2. The molecule has 0 aliphatic rings. The Morgan fingerprint density at radius 2 is 1.79 bits per heavy atom. The van der Waals surface area contributed by atoms with Crippen LogP contribution < -0.4 is 10.9 Å². The minimum atomic E-state index is -4.60. The van der Waals surface area contributed by atoms with E-state index in [1.54, 1.807) is 12.1 Å². The molecule has 1 amide bonds. The second-order valence-electron chi connectivity index (χ2n) is 7.53. The first-order valence-electron chi connectivity index (χ1n) is 10.2. The van der Waals surface area contributed by atoms with Crippen molar-refractivity contribution in [3.05, 3.63) is 93.9 Å². The minimum Gasteiger partial charge on any atom is -0.325 e. The van der Waals surface area contributed by atoms with E-state index in [2.05, 4.69) is 15.3 Å². The zero-order valence-electron chi connectivity index (χ0n) is 18.0. The van der Waals surface area contributed by atoms with Crippen LogP contribution in [0.5, 0.6) is 0 Å². The first-order chi connectivity index (χ1) is 16.2. The predicted octanol–water partition coefficient (Wildman–Crippen LogP) is 4.90. The number of aryl methyl sites for hydroxylation is 1. The molecule has 0 aliphatic heterocycles. The summed E-state index contributed by atoms with van der Waals surface area (Å²) >= 11 is 0.958. The number of aromatic nitrogens is 3. The number of benzene rings is 2. The van der Waals surface area contributed by atoms with E-state index >= 15 is 0 Å². The van der Waals surface area contributed by atoms with Gasteiger partial charge in [-0.1, -0.05) is 53.7 Å². The number of carbonyl (C=O) groups excluding carboxylic acids is 1. The molecule has 34 heavy (non-hydrogen) atoms. The van der Waals surface area contributed by atoms with Crippen molar-refractivity contribution in [3.63, 3.8) is 0 Å². The Bertz CT molecular complexity index is 1400. The zero-order chi connectivity index (χ0) is 24.3. The molecular formula is C24H19F3N4O2S. The molecule has 2 aromatic carbocycles. The highest BCUT2D eigenvalue weighted by Crippen LogP contribution is 2.34. The molecule has 0 aliphatic carbocycles. The van der Waals surface area contributed by atoms with E-state index in [1.807, 2.05) is 31.2 Å². The molecule has 0 unspecified atom stereocenters. The Balaban J connectivity index is 1.61. The molecule has 0 saturated carbocycles. The molecule has 4 rings (SSSR count). The number of para-hydroxylation sites is 1. The lowest BCUT2D eigenvalue weighted by Gasteiger charge is -2.15. The lowest BCUT2D eigenvalue weighted by atomic mass is 10.1. The summed E-state index contributed by atoms with van der Waals surface area (Å²) < 4.78 is 41.1. The predicted molar refractivity (Wildman–Crippen MR) is 125 cm³/mol. The Kier molecular flexibility index (Phi) is 6.69. The molecule has 0 atom stereocenters. The number of hydrogen-bond acceptors (Lipinski definition) is 5. The van der Waals surface area contributed by atoms with Crippen molar-refractivity contribution in [2.75, 3.05) is 11.1 Å². The van der Waals surface area contributed by atoms with Gasteiger partial charge in [-0.3, -0.25) is 14.2 Å². The van der Waals surface area contributed by atoms with E-state index < -0.39 is 17.6 Å². The quantitative estimate of drug-likeness (QED) is 0.311. The molecule has 10 heteroatoms. The van der Waals surface area contributed by atoms with Crippen molar-refractivity contribution in [2.45, 2.75) is 24.8 Å². The molecule has 1 N–H and O–H groups in total. The number of halogens is 3. The van der Waals surface area contributed by atoms with Crippen LogP contribution in [0.3, 0.4) is 0 Å². The lowest BCUT2D eigenvalue weighted by molar-refractivity contribution is -0.137. The first-order valence-corrected chi connectivity index (χ1v) is 11.2. The maximum Gasteiger partial charge on any atom is 0.418 e. The van der Waals surface area contributed by atoms with Crippen LogP contribution in [-0.4, -0.2) is 26.2 Å². The number of nitrogens with zero attached hydrogens (tertiary/aromatic N) is 3. The van der Waals surface area contributed by atoms with Crippen LogP contribution in [0.15, 0.2) is 76.8 Å². The van der Waals surface area contributed by atoms with E-state index in [0.29, 0.717) is 5.39 Å². The van der Waals surface area contributed by atoms with E-state index in [-0.39, 0.29) is 34.3 Å². The van der Waals surface area contributed by atoms with Crippen LogP contribution in [0.1, 0.15) is 16.7 Å². The summed E-state index contributed by atoms with van der Waals surface area (Å²) in [6.45, 7) is 2.17. The van der Waals surface area contributed by atoms with Gasteiger partial charge in [-0.2, -0.15) is 13.2 Å². The number of hydrogen-bond donors (Lipinski definition) is 1. The summed E-state index contributed by atoms with van der Waals surface area (Å²) in [7, 11) is 0. The van der Waals surface area contributed by atoms with Crippen LogP contribution in [0.2, 0.25) is 0 Å². The van der Waals surface area contributed by atoms with E-state index in [9.17, 15) is 22.8 Å². The number of carbonyl (C=O) groups is 1. The van der Waals surface area contributed by atoms with Crippen LogP contribution in [0, 0.1) is 6.92 Å². The summed E-state index contributed by atoms with van der Waals surface area (Å²) in [6, 6.07) is 15.7. The van der Waals surface area contributed by atoms with Crippen molar-refractivity contribution >= 4 is 34.4 Å². The molecular weight excluding hydrogens is 465 g/mol. The Labute approximate surface area is 196 Å². The first kappa shape index (κ1) is 23.5. The topological polar surface area (TPSA) is 76.9 Å². The molecule has 0 fully saturated rings. The molecule has 6 nitrogen and oxygen atoms in total. The second kappa shape index (κ2) is 9.68. The third-order valence-corrected chi connectivity index (χ3v) is 5.97. The number of anilines is 1. The van der Waals surface area contributed by atoms with E-state index in [0.717, 1.165) is 29.0 Å². The Hall–Kier alpha value is -3.66. The second-order valence-corrected chi connectivity index (χ2v) is 8.47. The van der Waals surface area contributed by atoms with Gasteiger partial charge in [0, 0.05) is 6.20 Å². The maximum atomic E-state index is 13.2. The van der Waals surface area contributed by atoms with Crippen molar-refractivity contribution in [2.24, 2.45) is 0 Å². The molecule has 0 bridgehead atoms. The summed E-state index contributed by atoms with van der Waals surface area (Å²) in [5.74, 6) is -0.899. The van der Waals surface area contributed by atoms with Gasteiger partial charge in [-0.15, -0.1) is 0 Å². The molecule has 0 radical (unpaired) electrons. The van der Waals surface area contributed by atoms with Gasteiger partial charge >= 0.3 is 6.18 Å². The van der Waals surface area contributed by atoms with Crippen LogP contribution >= 0.6 is 11.8 Å². The average molecular weight is 485 g/mol. The fraction of sp³-hybridized carbons (Fsp3) is 0.167. The zero-order valence-corrected chi connectivity index (χ0v) is 18.8. The molecule has 2 aromatic heterocycles. The van der Waals surface area contributed by atoms with E-state index in [1.165, 1.54) is 29.0 Å². The average Bonchev–Trinajstić information content (AvgIpc) is 2.81. The van der Waals surface area contributed by atoms with Gasteiger partial charge in [-0.25, -0.2) is 9.97 Å². The van der Waals surface area contributed by atoms with Crippen molar-refractivity contribution in [1.29, 1.82) is 0 Å². The molecule has 2 heterocycles. The van der Waals surface area contributed by atoms with Gasteiger partial charge in [-0.05, 0) is 36.8 Å². The molecule has 4 aromatic rings. The number of rotatable bonds is 6. The van der Waals surface area contributed by atoms with Crippen LogP contribution in [-0.2, 0) is 17.5 Å². The highest BCUT2D eigenvalue weighted by molar-refractivity contribution is 7.99. The lowest BCUT2D eigenvalue weighted by Crippen LogP contribution is -2.25. The third kappa shape index (κ3) is 5.28. The maximum absolute atomic E-state index is 13.2.